The summed E-state index contributed by atoms with van der Waals surface area (Å²) in [6.45, 7) is 0.720. The van der Waals surface area contributed by atoms with Gasteiger partial charge in [0.2, 0.25) is 11.8 Å². The van der Waals surface area contributed by atoms with Crippen LogP contribution in [0.3, 0.4) is 0 Å². The smallest absolute Gasteiger partial charge is 0.252 e. The number of ether oxygens (including phenoxy) is 2. The predicted molar refractivity (Wildman–Crippen MR) is 90.3 cm³/mol. The fourth-order valence-corrected chi connectivity index (χ4v) is 5.59. The molecule has 0 aromatic carbocycles. The zero-order valence-corrected chi connectivity index (χ0v) is 15.3. The van der Waals surface area contributed by atoms with Crippen LogP contribution in [-0.4, -0.2) is 49.0 Å². The number of rotatable bonds is 5. The van der Waals surface area contributed by atoms with Crippen LogP contribution in [-0.2, 0) is 10.0 Å². The molecule has 7 nitrogen and oxygen atoms in total. The first-order valence-electron chi connectivity index (χ1n) is 7.27. The molecule has 2 aromatic heterocycles. The van der Waals surface area contributed by atoms with Gasteiger partial charge in [-0.1, -0.05) is 11.6 Å². The number of methoxy groups -OCH3 is 1. The summed E-state index contributed by atoms with van der Waals surface area (Å²) >= 11 is 6.91. The van der Waals surface area contributed by atoms with Crippen molar-refractivity contribution < 1.29 is 17.9 Å². The van der Waals surface area contributed by atoms with Crippen LogP contribution in [0.2, 0.25) is 4.34 Å². The molecule has 3 heterocycles. The maximum atomic E-state index is 12.7. The van der Waals surface area contributed by atoms with Crippen molar-refractivity contribution in [3.05, 3.63) is 28.9 Å². The lowest BCUT2D eigenvalue weighted by molar-refractivity contribution is 0.123. The third kappa shape index (κ3) is 3.80. The van der Waals surface area contributed by atoms with Gasteiger partial charge in [0.05, 0.1) is 30.4 Å². The average molecular weight is 390 g/mol. The number of thiophene rings is 1. The quantitative estimate of drug-likeness (QED) is 0.781. The monoisotopic (exact) mass is 389 g/mol. The molecule has 0 saturated carbocycles. The summed E-state index contributed by atoms with van der Waals surface area (Å²) in [5, 5.41) is 0. The number of halogens is 1. The van der Waals surface area contributed by atoms with Gasteiger partial charge in [0.1, 0.15) is 10.3 Å². The minimum atomic E-state index is -3.55. The second-order valence-electron chi connectivity index (χ2n) is 5.20. The third-order valence-corrected chi connectivity index (χ3v) is 7.13. The molecule has 0 radical (unpaired) electrons. The molecule has 0 N–H and O–H groups in total. The molecule has 2 aromatic rings. The van der Waals surface area contributed by atoms with E-state index in [2.05, 4.69) is 9.97 Å². The summed E-state index contributed by atoms with van der Waals surface area (Å²) in [6, 6.07) is 3.11. The van der Waals surface area contributed by atoms with Crippen molar-refractivity contribution in [2.24, 2.45) is 0 Å². The maximum Gasteiger partial charge on any atom is 0.252 e. The third-order valence-electron chi connectivity index (χ3n) is 3.57. The van der Waals surface area contributed by atoms with Crippen LogP contribution in [0.4, 0.5) is 0 Å². The Balaban J connectivity index is 1.72. The Morgan fingerprint density at radius 2 is 2.12 bits per heavy atom. The Bertz CT molecular complexity index is 812. The van der Waals surface area contributed by atoms with Gasteiger partial charge in [-0.2, -0.15) is 9.29 Å². The lowest BCUT2D eigenvalue weighted by atomic mass is 10.1. The van der Waals surface area contributed by atoms with Crippen molar-refractivity contribution >= 4 is 33.0 Å². The summed E-state index contributed by atoms with van der Waals surface area (Å²) in [7, 11) is -2.06. The summed E-state index contributed by atoms with van der Waals surface area (Å²) in [5.74, 6) is 0.666. The van der Waals surface area contributed by atoms with E-state index in [0.29, 0.717) is 29.1 Å². The molecular weight excluding hydrogens is 374 g/mol. The molecule has 130 valence electrons. The number of sulfonamides is 1. The van der Waals surface area contributed by atoms with Gasteiger partial charge >= 0.3 is 0 Å². The lowest BCUT2D eigenvalue weighted by Crippen LogP contribution is -2.44. The Kier molecular flexibility index (Phi) is 5.24. The van der Waals surface area contributed by atoms with Crippen LogP contribution < -0.4 is 9.47 Å². The molecule has 0 aliphatic carbocycles. The highest BCUT2D eigenvalue weighted by molar-refractivity contribution is 7.91. The topological polar surface area (TPSA) is 81.6 Å². The highest BCUT2D eigenvalue weighted by Crippen LogP contribution is 2.30. The second kappa shape index (κ2) is 7.22. The molecule has 1 saturated heterocycles. The average Bonchev–Trinajstić information content (AvgIpc) is 3.02. The normalized spacial score (nSPS) is 19.2. The Hall–Kier alpha value is -1.42. The van der Waals surface area contributed by atoms with Gasteiger partial charge in [-0.25, -0.2) is 8.42 Å². The van der Waals surface area contributed by atoms with Crippen LogP contribution in [0, 0.1) is 0 Å². The van der Waals surface area contributed by atoms with E-state index < -0.39 is 10.0 Å². The van der Waals surface area contributed by atoms with Crippen LogP contribution in [0.1, 0.15) is 12.8 Å². The van der Waals surface area contributed by atoms with Crippen molar-refractivity contribution in [1.82, 2.24) is 14.3 Å². The zero-order valence-electron chi connectivity index (χ0n) is 12.9. The highest BCUT2D eigenvalue weighted by Gasteiger charge is 2.32. The Morgan fingerprint density at radius 3 is 2.83 bits per heavy atom. The van der Waals surface area contributed by atoms with E-state index in [-0.39, 0.29) is 16.9 Å². The number of aromatic nitrogens is 2. The van der Waals surface area contributed by atoms with E-state index in [4.69, 9.17) is 21.1 Å². The highest BCUT2D eigenvalue weighted by atomic mass is 35.5. The molecular formula is C14H16ClN3O4S2. The summed E-state index contributed by atoms with van der Waals surface area (Å²) in [4.78, 5) is 8.13. The zero-order chi connectivity index (χ0) is 17.2. The fourth-order valence-electron chi connectivity index (χ4n) is 2.44. The summed E-state index contributed by atoms with van der Waals surface area (Å²) in [5.41, 5.74) is 0. The van der Waals surface area contributed by atoms with E-state index in [1.165, 1.54) is 29.9 Å². The van der Waals surface area contributed by atoms with E-state index in [1.807, 2.05) is 0 Å². The Morgan fingerprint density at radius 1 is 1.33 bits per heavy atom. The van der Waals surface area contributed by atoms with Crippen molar-refractivity contribution in [1.29, 1.82) is 0 Å². The molecule has 0 spiro atoms. The number of hydrogen-bond donors (Lipinski definition) is 0. The molecule has 3 rings (SSSR count). The SMILES string of the molecule is COc1cncc(OC2CCCN(S(=O)(=O)c3ccc(Cl)s3)C2)n1. The number of hydrogen-bond acceptors (Lipinski definition) is 7. The first-order valence-corrected chi connectivity index (χ1v) is 9.90. The van der Waals surface area contributed by atoms with Gasteiger partial charge in [0.15, 0.2) is 0 Å². The molecule has 1 unspecified atom stereocenters. The van der Waals surface area contributed by atoms with Gasteiger partial charge in [-0.3, -0.25) is 4.98 Å². The van der Waals surface area contributed by atoms with Crippen molar-refractivity contribution in [2.45, 2.75) is 23.2 Å². The molecule has 0 bridgehead atoms. The largest absolute Gasteiger partial charge is 0.480 e. The minimum absolute atomic E-state index is 0.245. The van der Waals surface area contributed by atoms with Crippen LogP contribution in [0.25, 0.3) is 0 Å². The molecule has 1 fully saturated rings. The summed E-state index contributed by atoms with van der Waals surface area (Å²) < 4.78 is 38.3. The van der Waals surface area contributed by atoms with E-state index >= 15 is 0 Å². The molecule has 10 heteroatoms. The first-order chi connectivity index (χ1) is 11.5. The number of nitrogens with zero attached hydrogens (tertiary/aromatic N) is 3. The molecule has 24 heavy (non-hydrogen) atoms. The molecule has 1 aliphatic heterocycles. The maximum absolute atomic E-state index is 12.7. The molecule has 1 aliphatic rings. The van der Waals surface area contributed by atoms with Gasteiger partial charge < -0.3 is 9.47 Å². The second-order valence-corrected chi connectivity index (χ2v) is 9.08. The Labute approximate surface area is 149 Å². The fraction of sp³-hybridized carbons (Fsp3) is 0.429. The number of piperidine rings is 1. The standard InChI is InChI=1S/C14H16ClN3O4S2/c1-21-12-7-16-8-13(17-12)22-10-3-2-6-18(9-10)24(19,20)14-5-4-11(15)23-14/h4-5,7-8,10H,2-3,6,9H2,1H3. The molecule has 1 atom stereocenters. The van der Waals surface area contributed by atoms with E-state index in [1.54, 1.807) is 6.07 Å². The van der Waals surface area contributed by atoms with Crippen LogP contribution in [0.15, 0.2) is 28.7 Å². The van der Waals surface area contributed by atoms with E-state index in [9.17, 15) is 8.42 Å². The van der Waals surface area contributed by atoms with Crippen LogP contribution >= 0.6 is 22.9 Å². The van der Waals surface area contributed by atoms with Gasteiger partial charge in [0.25, 0.3) is 10.0 Å². The predicted octanol–water partition coefficient (Wildman–Crippen LogP) is 2.43. The van der Waals surface area contributed by atoms with Gasteiger partial charge in [-0.05, 0) is 25.0 Å². The van der Waals surface area contributed by atoms with Crippen molar-refractivity contribution in [3.8, 4) is 11.8 Å². The van der Waals surface area contributed by atoms with Gasteiger partial charge in [0, 0.05) is 6.54 Å². The van der Waals surface area contributed by atoms with Crippen LogP contribution in [0.5, 0.6) is 11.8 Å². The molecule has 0 amide bonds. The van der Waals surface area contributed by atoms with E-state index in [0.717, 1.165) is 17.8 Å². The van der Waals surface area contributed by atoms with Crippen molar-refractivity contribution in [3.63, 3.8) is 0 Å². The van der Waals surface area contributed by atoms with Crippen molar-refractivity contribution in [2.75, 3.05) is 20.2 Å². The summed E-state index contributed by atoms with van der Waals surface area (Å²) in [6.07, 6.45) is 4.13. The van der Waals surface area contributed by atoms with Gasteiger partial charge in [-0.15, -0.1) is 11.3 Å². The lowest BCUT2D eigenvalue weighted by Gasteiger charge is -2.31. The minimum Gasteiger partial charge on any atom is -0.480 e. The first kappa shape index (κ1) is 17.4.